The molecule has 0 unspecified atom stereocenters. The predicted octanol–water partition coefficient (Wildman–Crippen LogP) is 4.87. The van der Waals surface area contributed by atoms with Gasteiger partial charge in [0.1, 0.15) is 0 Å². The molecule has 1 heterocycles. The van der Waals surface area contributed by atoms with Gasteiger partial charge < -0.3 is 4.90 Å². The van der Waals surface area contributed by atoms with Gasteiger partial charge in [-0.25, -0.2) is 0 Å². The molecule has 0 aliphatic heterocycles. The van der Waals surface area contributed by atoms with E-state index in [2.05, 4.69) is 20.8 Å². The molecule has 0 aliphatic carbocycles. The maximum atomic E-state index is 12.2. The minimum absolute atomic E-state index is 0.161. The Hall–Kier alpha value is -0.680. The summed E-state index contributed by atoms with van der Waals surface area (Å²) in [5, 5.41) is 0. The van der Waals surface area contributed by atoms with Gasteiger partial charge in [-0.2, -0.15) is 0 Å². The van der Waals surface area contributed by atoms with Crippen LogP contribution < -0.4 is 0 Å². The fraction of sp³-hybridized carbons (Fsp3) is 0.267. The smallest absolute Gasteiger partial charge is 0.165 e. The largest absolute Gasteiger partial charge is 0.301 e. The highest BCUT2D eigenvalue weighted by molar-refractivity contribution is 9.10. The van der Waals surface area contributed by atoms with Crippen molar-refractivity contribution in [3.63, 3.8) is 0 Å². The van der Waals surface area contributed by atoms with Crippen molar-refractivity contribution < 1.29 is 4.79 Å². The van der Waals surface area contributed by atoms with Gasteiger partial charge in [-0.3, -0.25) is 4.79 Å². The van der Waals surface area contributed by atoms with Gasteiger partial charge in [0.25, 0.3) is 0 Å². The molecule has 0 amide bonds. The number of hydrogen-bond donors (Lipinski definition) is 0. The van der Waals surface area contributed by atoms with E-state index in [1.807, 2.05) is 43.4 Å². The number of hydrogen-bond acceptors (Lipinski definition) is 3. The monoisotopic (exact) mass is 371 g/mol. The number of nitrogens with zero attached hydrogens (tertiary/aromatic N) is 1. The summed E-state index contributed by atoms with van der Waals surface area (Å²) in [5.74, 6) is 0.161. The van der Waals surface area contributed by atoms with Crippen LogP contribution in [0.15, 0.2) is 40.9 Å². The molecule has 1 aromatic carbocycles. The van der Waals surface area contributed by atoms with Gasteiger partial charge in [0.2, 0.25) is 0 Å². The zero-order valence-electron chi connectivity index (χ0n) is 11.1. The van der Waals surface area contributed by atoms with E-state index in [9.17, 15) is 4.79 Å². The molecular weight excluding hydrogens is 358 g/mol. The average Bonchev–Trinajstić information content (AvgIpc) is 2.82. The molecule has 0 N–H and O–H groups in total. The van der Waals surface area contributed by atoms with E-state index in [1.165, 1.54) is 4.88 Å². The number of Topliss-reactive ketones (excluding diaryl/α,β-unsaturated/α-hetero) is 1. The van der Waals surface area contributed by atoms with E-state index < -0.39 is 0 Å². The van der Waals surface area contributed by atoms with Crippen molar-refractivity contribution in [3.8, 4) is 0 Å². The molecule has 0 aliphatic rings. The van der Waals surface area contributed by atoms with Crippen LogP contribution in [-0.2, 0) is 6.54 Å². The fourth-order valence-electron chi connectivity index (χ4n) is 1.90. The van der Waals surface area contributed by atoms with Crippen LogP contribution in [0, 0.1) is 0 Å². The molecule has 0 spiro atoms. The number of rotatable bonds is 6. The molecule has 0 fully saturated rings. The Morgan fingerprint density at radius 3 is 2.70 bits per heavy atom. The highest BCUT2D eigenvalue weighted by atomic mass is 79.9. The Labute approximate surface area is 136 Å². The number of carbonyl (C=O) groups excluding carboxylic acids is 1. The molecule has 0 bridgehead atoms. The lowest BCUT2D eigenvalue weighted by Gasteiger charge is -2.15. The summed E-state index contributed by atoms with van der Waals surface area (Å²) in [6, 6.07) is 11.5. The Morgan fingerprint density at radius 2 is 2.05 bits per heavy atom. The second-order valence-electron chi connectivity index (χ2n) is 4.60. The highest BCUT2D eigenvalue weighted by Crippen LogP contribution is 2.22. The lowest BCUT2D eigenvalue weighted by Crippen LogP contribution is -2.21. The van der Waals surface area contributed by atoms with E-state index in [1.54, 1.807) is 11.3 Å². The highest BCUT2D eigenvalue weighted by Gasteiger charge is 2.11. The van der Waals surface area contributed by atoms with Gasteiger partial charge in [0.15, 0.2) is 5.78 Å². The zero-order chi connectivity index (χ0) is 14.5. The zero-order valence-corrected chi connectivity index (χ0v) is 14.3. The van der Waals surface area contributed by atoms with E-state index in [0.29, 0.717) is 6.42 Å². The fourth-order valence-corrected chi connectivity index (χ4v) is 3.57. The van der Waals surface area contributed by atoms with Crippen LogP contribution in [-0.4, -0.2) is 24.3 Å². The van der Waals surface area contributed by atoms with Crippen LogP contribution in [0.5, 0.6) is 0 Å². The van der Waals surface area contributed by atoms with E-state index in [-0.39, 0.29) is 5.78 Å². The van der Waals surface area contributed by atoms with E-state index in [0.717, 1.165) is 27.5 Å². The standard InChI is InChI=1S/C15H15BrClNOS/c1-18(10-11-6-7-15(17)20-11)9-8-14(19)12-4-2-3-5-13(12)16/h2-7H,8-10H2,1H3. The Kier molecular flexibility index (Phi) is 5.78. The lowest BCUT2D eigenvalue weighted by atomic mass is 10.1. The van der Waals surface area contributed by atoms with Gasteiger partial charge in [-0.15, -0.1) is 11.3 Å². The normalized spacial score (nSPS) is 11.0. The average molecular weight is 373 g/mol. The van der Waals surface area contributed by atoms with Crippen LogP contribution >= 0.6 is 38.9 Å². The minimum atomic E-state index is 0.161. The van der Waals surface area contributed by atoms with Crippen LogP contribution in [0.25, 0.3) is 0 Å². The molecule has 2 aromatic rings. The summed E-state index contributed by atoms with van der Waals surface area (Å²) in [5.41, 5.74) is 0.750. The first-order chi connectivity index (χ1) is 9.56. The number of halogens is 2. The summed E-state index contributed by atoms with van der Waals surface area (Å²) in [6.45, 7) is 1.55. The first-order valence-electron chi connectivity index (χ1n) is 6.27. The SMILES string of the molecule is CN(CCC(=O)c1ccccc1Br)Cc1ccc(Cl)s1. The number of carbonyl (C=O) groups is 1. The first kappa shape index (κ1) is 15.7. The summed E-state index contributed by atoms with van der Waals surface area (Å²) in [7, 11) is 2.01. The van der Waals surface area contributed by atoms with Crippen molar-refractivity contribution in [1.29, 1.82) is 0 Å². The quantitative estimate of drug-likeness (QED) is 0.674. The molecule has 20 heavy (non-hydrogen) atoms. The van der Waals surface area contributed by atoms with Crippen molar-refractivity contribution in [3.05, 3.63) is 55.6 Å². The van der Waals surface area contributed by atoms with Crippen molar-refractivity contribution in [2.45, 2.75) is 13.0 Å². The van der Waals surface area contributed by atoms with Crippen LogP contribution in [0.2, 0.25) is 4.34 Å². The molecular formula is C15H15BrClNOS. The molecule has 2 nitrogen and oxygen atoms in total. The van der Waals surface area contributed by atoms with E-state index in [4.69, 9.17) is 11.6 Å². The summed E-state index contributed by atoms with van der Waals surface area (Å²) in [6.07, 6.45) is 0.512. The number of benzene rings is 1. The number of ketones is 1. The predicted molar refractivity (Wildman–Crippen MR) is 88.8 cm³/mol. The molecule has 0 saturated carbocycles. The molecule has 0 saturated heterocycles. The van der Waals surface area contributed by atoms with Gasteiger partial charge in [-0.1, -0.05) is 45.7 Å². The number of thiophene rings is 1. The minimum Gasteiger partial charge on any atom is -0.301 e. The maximum Gasteiger partial charge on any atom is 0.165 e. The van der Waals surface area contributed by atoms with Crippen LogP contribution in [0.3, 0.4) is 0 Å². The van der Waals surface area contributed by atoms with Crippen molar-refractivity contribution in [2.24, 2.45) is 0 Å². The molecule has 0 radical (unpaired) electrons. The Morgan fingerprint density at radius 1 is 1.30 bits per heavy atom. The molecule has 2 rings (SSSR count). The second-order valence-corrected chi connectivity index (χ2v) is 7.25. The molecule has 5 heteroatoms. The van der Waals surface area contributed by atoms with Gasteiger partial charge in [0, 0.05) is 34.4 Å². The second kappa shape index (κ2) is 7.36. The molecule has 0 atom stereocenters. The van der Waals surface area contributed by atoms with Gasteiger partial charge >= 0.3 is 0 Å². The van der Waals surface area contributed by atoms with Crippen molar-refractivity contribution in [2.75, 3.05) is 13.6 Å². The maximum absolute atomic E-state index is 12.2. The topological polar surface area (TPSA) is 20.3 Å². The summed E-state index contributed by atoms with van der Waals surface area (Å²) in [4.78, 5) is 15.5. The third-order valence-corrected chi connectivity index (χ3v) is 4.86. The molecule has 106 valence electrons. The Bertz CT molecular complexity index is 599. The Balaban J connectivity index is 1.85. The summed E-state index contributed by atoms with van der Waals surface area (Å²) >= 11 is 10.9. The summed E-state index contributed by atoms with van der Waals surface area (Å²) < 4.78 is 1.66. The van der Waals surface area contributed by atoms with Gasteiger partial charge in [-0.05, 0) is 25.2 Å². The van der Waals surface area contributed by atoms with Crippen LogP contribution in [0.4, 0.5) is 0 Å². The van der Waals surface area contributed by atoms with Crippen LogP contribution in [0.1, 0.15) is 21.7 Å². The van der Waals surface area contributed by atoms with Crippen molar-refractivity contribution >= 4 is 44.7 Å². The first-order valence-corrected chi connectivity index (χ1v) is 8.25. The molecule has 1 aromatic heterocycles. The van der Waals surface area contributed by atoms with Gasteiger partial charge in [0.05, 0.1) is 4.34 Å². The third kappa shape index (κ3) is 4.42. The van der Waals surface area contributed by atoms with Crippen molar-refractivity contribution in [1.82, 2.24) is 4.90 Å². The third-order valence-electron chi connectivity index (χ3n) is 2.95. The lowest BCUT2D eigenvalue weighted by molar-refractivity contribution is 0.0967. The van der Waals surface area contributed by atoms with E-state index >= 15 is 0 Å².